The molecule has 1 aromatic carbocycles. The maximum absolute atomic E-state index is 5.44. The molecule has 2 aromatic rings. The van der Waals surface area contributed by atoms with Crippen molar-refractivity contribution in [3.8, 4) is 5.75 Å². The second kappa shape index (κ2) is 4.19. The summed E-state index contributed by atoms with van der Waals surface area (Å²) in [5, 5.41) is 1.11. The van der Waals surface area contributed by atoms with E-state index in [4.69, 9.17) is 4.74 Å². The number of nitrogens with zero attached hydrogens (tertiary/aromatic N) is 1. The van der Waals surface area contributed by atoms with Gasteiger partial charge in [0.1, 0.15) is 10.4 Å². The van der Waals surface area contributed by atoms with Crippen molar-refractivity contribution in [2.75, 3.05) is 6.61 Å². The summed E-state index contributed by atoms with van der Waals surface area (Å²) in [6.07, 6.45) is 0. The number of aryl methyl sites for hydroxylation is 1. The van der Waals surface area contributed by atoms with Crippen molar-refractivity contribution in [3.63, 3.8) is 0 Å². The van der Waals surface area contributed by atoms with E-state index in [2.05, 4.69) is 27.0 Å². The largest absolute Gasteiger partial charge is 0.494 e. The molecule has 0 saturated heterocycles. The fraction of sp³-hybridized carbons (Fsp3) is 0.250. The van der Waals surface area contributed by atoms with E-state index >= 15 is 0 Å². The first kappa shape index (κ1) is 10.4. The number of halogens is 1. The van der Waals surface area contributed by atoms with E-state index in [9.17, 15) is 0 Å². The molecule has 0 spiro atoms. The first-order valence-electron chi connectivity index (χ1n) is 4.90. The van der Waals surface area contributed by atoms with Gasteiger partial charge in [-0.15, -0.1) is 0 Å². The molecule has 3 heteroatoms. The number of aromatic nitrogens is 1. The van der Waals surface area contributed by atoms with Gasteiger partial charge in [0.25, 0.3) is 0 Å². The molecule has 0 aliphatic rings. The van der Waals surface area contributed by atoms with E-state index in [0.29, 0.717) is 6.61 Å². The number of rotatable bonds is 2. The lowest BCUT2D eigenvalue weighted by atomic mass is 10.2. The van der Waals surface area contributed by atoms with Gasteiger partial charge in [-0.2, -0.15) is 0 Å². The lowest BCUT2D eigenvalue weighted by molar-refractivity contribution is 0.340. The highest BCUT2D eigenvalue weighted by Crippen LogP contribution is 2.23. The van der Waals surface area contributed by atoms with Crippen molar-refractivity contribution < 1.29 is 4.74 Å². The summed E-state index contributed by atoms with van der Waals surface area (Å²) in [7, 11) is 0. The molecule has 0 N–H and O–H groups in total. The lowest BCUT2D eigenvalue weighted by Gasteiger charge is -2.05. The fourth-order valence-corrected chi connectivity index (χ4v) is 1.80. The Morgan fingerprint density at radius 3 is 2.87 bits per heavy atom. The Labute approximate surface area is 97.4 Å². The van der Waals surface area contributed by atoms with E-state index in [0.717, 1.165) is 26.8 Å². The molecule has 0 aliphatic carbocycles. The van der Waals surface area contributed by atoms with Crippen LogP contribution in [0.3, 0.4) is 0 Å². The van der Waals surface area contributed by atoms with Crippen LogP contribution in [0, 0.1) is 6.92 Å². The lowest BCUT2D eigenvalue weighted by Crippen LogP contribution is -1.92. The topological polar surface area (TPSA) is 22.1 Å². The Morgan fingerprint density at radius 2 is 2.13 bits per heavy atom. The molecule has 0 saturated carbocycles. The van der Waals surface area contributed by atoms with Crippen LogP contribution < -0.4 is 4.74 Å². The third kappa shape index (κ3) is 2.12. The summed E-state index contributed by atoms with van der Waals surface area (Å²) in [5.74, 6) is 0.897. The van der Waals surface area contributed by atoms with E-state index in [1.165, 1.54) is 0 Å². The van der Waals surface area contributed by atoms with Crippen LogP contribution in [-0.4, -0.2) is 11.6 Å². The van der Waals surface area contributed by atoms with E-state index in [-0.39, 0.29) is 0 Å². The molecule has 15 heavy (non-hydrogen) atoms. The van der Waals surface area contributed by atoms with Gasteiger partial charge in [-0.05, 0) is 59.6 Å². The van der Waals surface area contributed by atoms with Gasteiger partial charge >= 0.3 is 0 Å². The van der Waals surface area contributed by atoms with E-state index in [1.54, 1.807) is 0 Å². The van der Waals surface area contributed by atoms with Crippen LogP contribution in [-0.2, 0) is 0 Å². The molecule has 0 unspecified atom stereocenters. The van der Waals surface area contributed by atoms with Gasteiger partial charge < -0.3 is 4.74 Å². The average molecular weight is 266 g/mol. The Hall–Kier alpha value is -1.09. The predicted octanol–water partition coefficient (Wildman–Crippen LogP) is 3.70. The SMILES string of the molecule is CCOc1ccc2nc(Br)c(C)cc2c1. The molecule has 1 heterocycles. The van der Waals surface area contributed by atoms with Crippen molar-refractivity contribution in [2.45, 2.75) is 13.8 Å². The van der Waals surface area contributed by atoms with Crippen LogP contribution >= 0.6 is 15.9 Å². The highest BCUT2D eigenvalue weighted by molar-refractivity contribution is 9.10. The monoisotopic (exact) mass is 265 g/mol. The third-order valence-corrected chi connectivity index (χ3v) is 3.03. The molecule has 0 amide bonds. The summed E-state index contributed by atoms with van der Waals surface area (Å²) in [5.41, 5.74) is 2.12. The maximum atomic E-state index is 5.44. The van der Waals surface area contributed by atoms with Crippen LogP contribution in [0.1, 0.15) is 12.5 Å². The molecule has 0 atom stereocenters. The number of hydrogen-bond acceptors (Lipinski definition) is 2. The van der Waals surface area contributed by atoms with Crippen LogP contribution in [0.15, 0.2) is 28.9 Å². The number of benzene rings is 1. The quantitative estimate of drug-likeness (QED) is 0.773. The number of ether oxygens (including phenoxy) is 1. The van der Waals surface area contributed by atoms with Crippen LogP contribution in [0.5, 0.6) is 5.75 Å². The minimum absolute atomic E-state index is 0.689. The number of hydrogen-bond donors (Lipinski definition) is 0. The van der Waals surface area contributed by atoms with E-state index < -0.39 is 0 Å². The van der Waals surface area contributed by atoms with Crippen LogP contribution in [0.4, 0.5) is 0 Å². The molecule has 1 aromatic heterocycles. The molecule has 0 radical (unpaired) electrons. The molecule has 2 nitrogen and oxygen atoms in total. The van der Waals surface area contributed by atoms with E-state index in [1.807, 2.05) is 32.0 Å². The van der Waals surface area contributed by atoms with Gasteiger partial charge in [-0.3, -0.25) is 0 Å². The van der Waals surface area contributed by atoms with Gasteiger partial charge in [0.05, 0.1) is 12.1 Å². The molecule has 0 bridgehead atoms. The van der Waals surface area contributed by atoms with Crippen molar-refractivity contribution in [2.24, 2.45) is 0 Å². The van der Waals surface area contributed by atoms with Crippen molar-refractivity contribution >= 4 is 26.8 Å². The van der Waals surface area contributed by atoms with Gasteiger partial charge in [0, 0.05) is 5.39 Å². The van der Waals surface area contributed by atoms with Crippen LogP contribution in [0.25, 0.3) is 10.9 Å². The summed E-state index contributed by atoms with van der Waals surface area (Å²) >= 11 is 3.42. The normalized spacial score (nSPS) is 10.6. The Bertz CT molecular complexity index is 496. The maximum Gasteiger partial charge on any atom is 0.120 e. The van der Waals surface area contributed by atoms with Gasteiger partial charge in [0.15, 0.2) is 0 Å². The summed E-state index contributed by atoms with van der Waals surface area (Å²) in [6.45, 7) is 4.70. The van der Waals surface area contributed by atoms with Crippen molar-refractivity contribution in [3.05, 3.63) is 34.4 Å². The van der Waals surface area contributed by atoms with Crippen molar-refractivity contribution in [1.82, 2.24) is 4.98 Å². The van der Waals surface area contributed by atoms with Crippen LogP contribution in [0.2, 0.25) is 0 Å². The highest BCUT2D eigenvalue weighted by atomic mass is 79.9. The summed E-state index contributed by atoms with van der Waals surface area (Å²) in [4.78, 5) is 4.44. The third-order valence-electron chi connectivity index (χ3n) is 2.23. The zero-order valence-corrected chi connectivity index (χ0v) is 10.3. The summed E-state index contributed by atoms with van der Waals surface area (Å²) in [6, 6.07) is 8.05. The average Bonchev–Trinajstić information content (AvgIpc) is 2.21. The number of fused-ring (bicyclic) bond motifs is 1. The second-order valence-electron chi connectivity index (χ2n) is 3.38. The zero-order chi connectivity index (χ0) is 10.8. The minimum atomic E-state index is 0.689. The molecule has 0 fully saturated rings. The smallest absolute Gasteiger partial charge is 0.120 e. The Kier molecular flexibility index (Phi) is 2.91. The highest BCUT2D eigenvalue weighted by Gasteiger charge is 2.02. The Balaban J connectivity index is 2.56. The molecular weight excluding hydrogens is 254 g/mol. The minimum Gasteiger partial charge on any atom is -0.494 e. The Morgan fingerprint density at radius 1 is 1.33 bits per heavy atom. The van der Waals surface area contributed by atoms with Gasteiger partial charge in [-0.1, -0.05) is 0 Å². The molecular formula is C12H12BrNO. The van der Waals surface area contributed by atoms with Gasteiger partial charge in [0.2, 0.25) is 0 Å². The fourth-order valence-electron chi connectivity index (χ4n) is 1.49. The molecule has 2 rings (SSSR count). The van der Waals surface area contributed by atoms with Crippen molar-refractivity contribution in [1.29, 1.82) is 0 Å². The molecule has 0 aliphatic heterocycles. The second-order valence-corrected chi connectivity index (χ2v) is 4.13. The first-order chi connectivity index (χ1) is 7.20. The van der Waals surface area contributed by atoms with Gasteiger partial charge in [-0.25, -0.2) is 4.98 Å². The first-order valence-corrected chi connectivity index (χ1v) is 5.69. The summed E-state index contributed by atoms with van der Waals surface area (Å²) < 4.78 is 6.35. The predicted molar refractivity (Wildman–Crippen MR) is 65.3 cm³/mol. The molecule has 78 valence electrons. The standard InChI is InChI=1S/C12H12BrNO/c1-3-15-10-4-5-11-9(7-10)6-8(2)12(13)14-11/h4-7H,3H2,1-2H3. The number of pyridine rings is 1. The zero-order valence-electron chi connectivity index (χ0n) is 8.75.